The minimum Gasteiger partial charge on any atom is -0.508 e. The maximum absolute atomic E-state index is 12.5. The summed E-state index contributed by atoms with van der Waals surface area (Å²) >= 11 is 2.31. The Morgan fingerprint density at radius 3 is 1.24 bits per heavy atom. The molecule has 0 saturated heterocycles. The van der Waals surface area contributed by atoms with Gasteiger partial charge in [0.25, 0.3) is 0 Å². The van der Waals surface area contributed by atoms with Crippen LogP contribution in [-0.4, -0.2) is 95.1 Å². The summed E-state index contributed by atoms with van der Waals surface area (Å²) in [5.74, 6) is -0.437. The van der Waals surface area contributed by atoms with Gasteiger partial charge in [-0.2, -0.15) is 0 Å². The van der Waals surface area contributed by atoms with Gasteiger partial charge in [-0.15, -0.1) is 0 Å². The molecule has 91 heavy (non-hydrogen) atoms. The fraction of sp³-hybridized carbons (Fsp3) is 0.0556. The molecule has 8 aromatic carbocycles. The van der Waals surface area contributed by atoms with Gasteiger partial charge in [-0.1, -0.05) is 0 Å². The molecule has 0 amide bonds. The molecule has 0 unspecified atom stereocenters. The van der Waals surface area contributed by atoms with Crippen LogP contribution in [0, 0.1) is 9.39 Å². The fourth-order valence-electron chi connectivity index (χ4n) is 9.27. The third-order valence-electron chi connectivity index (χ3n) is 13.9. The number of phenols is 1. The van der Waals surface area contributed by atoms with Crippen LogP contribution in [0.4, 0.5) is 4.39 Å². The zero-order valence-electron chi connectivity index (χ0n) is 49.4. The van der Waals surface area contributed by atoms with Crippen molar-refractivity contribution in [3.63, 3.8) is 0 Å². The van der Waals surface area contributed by atoms with E-state index < -0.39 is 5.97 Å². The zero-order valence-corrected chi connectivity index (χ0v) is 51.5. The molecule has 10 N–H and O–H groups in total. The van der Waals surface area contributed by atoms with Crippen molar-refractivity contribution in [2.75, 3.05) is 20.8 Å². The predicted octanol–water partition coefficient (Wildman–Crippen LogP) is 17.3. The average molecular weight is 1330 g/mol. The molecular formula is C72H62FIN8O9. The molecule has 19 heteroatoms. The highest BCUT2D eigenvalue weighted by molar-refractivity contribution is 14.1. The molecular weight excluding hydrogens is 1270 g/mol. The number of aromatic carboxylic acids is 1. The number of methoxy groups -OCH3 is 2. The number of nitrogens with one attached hydrogen (secondary N) is 8. The summed E-state index contributed by atoms with van der Waals surface area (Å²) in [6.45, 7) is 2.21. The standard InChI is InChI=1S/C11H11NO2.C10H9NO2.C9H7NO2.C9H9NO.C9H7NO.C8H6FN.C8H6IN.C8H7NO/c1-2-14-11(13)9-3-4-10-8(7-9)5-6-12-10;1-13-10(12)8-2-3-9-7(6-8)4-5-11-9;11-9(12)7-1-2-8-6(5-7)3-4-10-8;1-11-8-2-3-9-7(6-8)4-5-10-9;11-6-7-1-2-9-8(5-7)3-4-10-9;2*9-7-1-2-8-6(5-7)3-4-10-8;10-7-1-2-8-6(5-7)3-4-9-8/h3-7,12H,2H2,1H3;2-6,11H,1H3;1-5,10H,(H,11,12);2-6,10H,1H3;1-6,10H;2*1-5,10H;1-5,9-10H. The second-order valence-corrected chi connectivity index (χ2v) is 21.1. The maximum Gasteiger partial charge on any atom is 0.338 e. The molecule has 0 aliphatic carbocycles. The van der Waals surface area contributed by atoms with Crippen LogP contribution < -0.4 is 4.74 Å². The Bertz CT molecular complexity index is 4850. The van der Waals surface area contributed by atoms with Crippen LogP contribution in [0.15, 0.2) is 244 Å². The largest absolute Gasteiger partial charge is 0.508 e. The van der Waals surface area contributed by atoms with E-state index >= 15 is 0 Å². The summed E-state index contributed by atoms with van der Waals surface area (Å²) < 4.78 is 28.4. The monoisotopic (exact) mass is 1330 g/mol. The molecule has 458 valence electrons. The molecule has 0 radical (unpaired) electrons. The van der Waals surface area contributed by atoms with Crippen molar-refractivity contribution < 1.29 is 48.0 Å². The number of hydrogen-bond donors (Lipinski definition) is 10. The molecule has 0 fully saturated rings. The fourth-order valence-corrected chi connectivity index (χ4v) is 9.79. The van der Waals surface area contributed by atoms with E-state index in [-0.39, 0.29) is 17.8 Å². The number of H-pyrrole nitrogens is 8. The average Bonchev–Trinajstić information content (AvgIpc) is 3.14. The van der Waals surface area contributed by atoms with Gasteiger partial charge in [0.2, 0.25) is 0 Å². The summed E-state index contributed by atoms with van der Waals surface area (Å²) in [4.78, 5) is 67.9. The highest BCUT2D eigenvalue weighted by Gasteiger charge is 2.08. The number of halogens is 2. The molecule has 0 aliphatic rings. The van der Waals surface area contributed by atoms with E-state index in [2.05, 4.69) is 91.5 Å². The lowest BCUT2D eigenvalue weighted by molar-refractivity contribution is 0.0525. The Morgan fingerprint density at radius 2 is 0.791 bits per heavy atom. The van der Waals surface area contributed by atoms with Gasteiger partial charge in [-0.25, -0.2) is 18.8 Å². The number of carboxylic acids is 1. The number of hydrogen-bond acceptors (Lipinski definition) is 8. The first-order valence-electron chi connectivity index (χ1n) is 28.3. The first-order valence-corrected chi connectivity index (χ1v) is 29.4. The van der Waals surface area contributed by atoms with Crippen molar-refractivity contribution in [3.05, 3.63) is 275 Å². The minimum absolute atomic E-state index is 0.188. The second-order valence-electron chi connectivity index (χ2n) is 19.9. The smallest absolute Gasteiger partial charge is 0.338 e. The van der Waals surface area contributed by atoms with Crippen LogP contribution in [0.5, 0.6) is 11.5 Å². The SMILES string of the molecule is CCOC(=O)c1ccc2[nH]ccc2c1.COC(=O)c1ccc2[nH]ccc2c1.COc1ccc2[nH]ccc2c1.Fc1ccc2[nH]ccc2c1.Ic1ccc2[nH]ccc2c1.O=C(O)c1ccc2[nH]ccc2c1.O=Cc1ccc2[nH]ccc2c1.Oc1ccc2[nH]ccc2c1. The van der Waals surface area contributed by atoms with Gasteiger partial charge in [-0.3, -0.25) is 4.79 Å². The number of fused-ring (bicyclic) bond motifs is 8. The molecule has 17 nitrogen and oxygen atoms in total. The van der Waals surface area contributed by atoms with Crippen LogP contribution in [0.2, 0.25) is 0 Å². The molecule has 0 aliphatic heterocycles. The summed E-state index contributed by atoms with van der Waals surface area (Å²) in [5.41, 5.74) is 10.7. The van der Waals surface area contributed by atoms with Gasteiger partial charge in [-0.05, 0) is 224 Å². The van der Waals surface area contributed by atoms with Crippen LogP contribution in [0.3, 0.4) is 0 Å². The van der Waals surface area contributed by atoms with E-state index in [0.29, 0.717) is 29.0 Å². The molecule has 0 atom stereocenters. The highest BCUT2D eigenvalue weighted by Crippen LogP contribution is 2.22. The van der Waals surface area contributed by atoms with Crippen molar-refractivity contribution in [1.82, 2.24) is 39.9 Å². The first kappa shape index (κ1) is 63.9. The number of benzene rings is 8. The number of carbonyl (C=O) groups excluding carboxylic acids is 3. The van der Waals surface area contributed by atoms with Gasteiger partial charge >= 0.3 is 17.9 Å². The van der Waals surface area contributed by atoms with Crippen molar-refractivity contribution in [3.8, 4) is 11.5 Å². The van der Waals surface area contributed by atoms with Crippen LogP contribution in [-0.2, 0) is 9.47 Å². The van der Waals surface area contributed by atoms with Crippen molar-refractivity contribution in [2.24, 2.45) is 0 Å². The number of aldehydes is 1. The lowest BCUT2D eigenvalue weighted by Gasteiger charge is -2.00. The predicted molar refractivity (Wildman–Crippen MR) is 367 cm³/mol. The van der Waals surface area contributed by atoms with E-state index in [0.717, 1.165) is 88.5 Å². The van der Waals surface area contributed by atoms with Crippen LogP contribution in [0.1, 0.15) is 48.4 Å². The number of ether oxygens (including phenoxy) is 3. The number of esters is 2. The summed E-state index contributed by atoms with van der Waals surface area (Å²) in [6.07, 6.45) is 15.7. The highest BCUT2D eigenvalue weighted by atomic mass is 127. The molecule has 8 heterocycles. The van der Waals surface area contributed by atoms with Gasteiger partial charge in [0.05, 0.1) is 37.5 Å². The molecule has 16 aromatic rings. The zero-order chi connectivity index (χ0) is 64.1. The molecule has 16 rings (SSSR count). The summed E-state index contributed by atoms with van der Waals surface area (Å²) in [7, 11) is 3.05. The van der Waals surface area contributed by atoms with Gasteiger partial charge in [0, 0.05) is 146 Å². The lowest BCUT2D eigenvalue weighted by Crippen LogP contribution is -2.03. The second kappa shape index (κ2) is 31.4. The van der Waals surface area contributed by atoms with E-state index in [9.17, 15) is 23.6 Å². The topological polar surface area (TPSA) is 263 Å². The number of aromatic hydroxyl groups is 1. The number of phenolic OH excluding ortho intramolecular Hbond substituents is 1. The van der Waals surface area contributed by atoms with Crippen molar-refractivity contribution in [1.29, 1.82) is 0 Å². The molecule has 0 spiro atoms. The minimum atomic E-state index is -0.891. The number of aromatic amines is 8. The lowest BCUT2D eigenvalue weighted by atomic mass is 10.1. The maximum atomic E-state index is 12.5. The number of aromatic nitrogens is 8. The van der Waals surface area contributed by atoms with Gasteiger partial charge in [0.15, 0.2) is 0 Å². The summed E-state index contributed by atoms with van der Waals surface area (Å²) in [5, 5.41) is 26.2. The Hall–Kier alpha value is -11.6. The Balaban J connectivity index is 0.000000123. The van der Waals surface area contributed by atoms with E-state index in [1.807, 2.05) is 134 Å². The van der Waals surface area contributed by atoms with E-state index in [1.54, 1.807) is 87.1 Å². The molecule has 8 aromatic heterocycles. The number of carboxylic acid groups (broad SMARTS) is 1. The van der Waals surface area contributed by atoms with Gasteiger partial charge < -0.3 is 64.3 Å². The van der Waals surface area contributed by atoms with Crippen molar-refractivity contribution >= 4 is 134 Å². The molecule has 0 bridgehead atoms. The Labute approximate surface area is 533 Å². The normalized spacial score (nSPS) is 10.3. The molecule has 0 saturated carbocycles. The van der Waals surface area contributed by atoms with Crippen LogP contribution in [0.25, 0.3) is 87.2 Å². The third-order valence-corrected chi connectivity index (χ3v) is 14.6. The Morgan fingerprint density at radius 1 is 0.429 bits per heavy atom. The number of carbonyl (C=O) groups is 4. The quantitative estimate of drug-likeness (QED) is 0.0430. The number of rotatable bonds is 6. The van der Waals surface area contributed by atoms with Crippen molar-refractivity contribution in [2.45, 2.75) is 6.92 Å². The van der Waals surface area contributed by atoms with Gasteiger partial charge in [0.1, 0.15) is 23.6 Å². The Kier molecular flexibility index (Phi) is 22.0. The van der Waals surface area contributed by atoms with Crippen LogP contribution >= 0.6 is 22.6 Å². The first-order chi connectivity index (χ1) is 44.3. The third kappa shape index (κ3) is 17.6. The summed E-state index contributed by atoms with van der Waals surface area (Å²) in [6, 6.07) is 59.2. The van der Waals surface area contributed by atoms with E-state index in [4.69, 9.17) is 19.7 Å². The van der Waals surface area contributed by atoms with E-state index in [1.165, 1.54) is 39.1 Å².